The Kier molecular flexibility index (Phi) is 4.25. The Hall–Kier alpha value is -1.35. The summed E-state index contributed by atoms with van der Waals surface area (Å²) < 4.78 is 0. The average molecular weight is 259 g/mol. The maximum Gasteiger partial charge on any atom is 0.142 e. The molecule has 19 heavy (non-hydrogen) atoms. The van der Waals surface area contributed by atoms with Crippen LogP contribution in [0.1, 0.15) is 57.6 Å². The lowest BCUT2D eigenvalue weighted by Gasteiger charge is -2.19. The van der Waals surface area contributed by atoms with E-state index in [9.17, 15) is 0 Å². The summed E-state index contributed by atoms with van der Waals surface area (Å²) in [6.07, 6.45) is 4.94. The molecule has 0 spiro atoms. The van der Waals surface area contributed by atoms with Crippen LogP contribution in [0, 0.1) is 0 Å². The van der Waals surface area contributed by atoms with Gasteiger partial charge in [0.05, 0.1) is 6.04 Å². The standard InChI is InChI=1S/C16H25N3/c1-16(2,3)13-10-8-12(9-11-13)15(19-17)18-14-6-4-5-7-14/h8-11,14H,4-7,17H2,1-3H3,(H,18,19). The van der Waals surface area contributed by atoms with Crippen molar-refractivity contribution in [2.75, 3.05) is 0 Å². The fraction of sp³-hybridized carbons (Fsp3) is 0.562. The maximum absolute atomic E-state index is 5.63. The third-order valence-corrected chi connectivity index (χ3v) is 3.80. The minimum absolute atomic E-state index is 0.178. The van der Waals surface area contributed by atoms with Crippen LogP contribution < -0.4 is 11.3 Å². The predicted octanol–water partition coefficient (Wildman–Crippen LogP) is 3.14. The Labute approximate surface area is 116 Å². The Morgan fingerprint density at radius 2 is 1.74 bits per heavy atom. The summed E-state index contributed by atoms with van der Waals surface area (Å²) in [7, 11) is 0. The van der Waals surface area contributed by atoms with Crippen molar-refractivity contribution < 1.29 is 0 Å². The molecule has 1 fully saturated rings. The normalized spacial score (nSPS) is 17.8. The molecule has 104 valence electrons. The molecule has 3 N–H and O–H groups in total. The number of hydrazine groups is 1. The molecule has 0 heterocycles. The van der Waals surface area contributed by atoms with Crippen LogP contribution in [0.4, 0.5) is 0 Å². The second-order valence-electron chi connectivity index (χ2n) is 6.39. The average Bonchev–Trinajstić information content (AvgIpc) is 2.88. The first-order valence-electron chi connectivity index (χ1n) is 7.16. The molecule has 3 heteroatoms. The van der Waals surface area contributed by atoms with Gasteiger partial charge in [0.15, 0.2) is 0 Å². The minimum Gasteiger partial charge on any atom is -0.308 e. The van der Waals surface area contributed by atoms with Gasteiger partial charge in [-0.3, -0.25) is 4.99 Å². The molecule has 1 aromatic carbocycles. The zero-order chi connectivity index (χ0) is 13.9. The minimum atomic E-state index is 0.178. The molecule has 0 aliphatic heterocycles. The van der Waals surface area contributed by atoms with E-state index in [1.807, 2.05) is 0 Å². The van der Waals surface area contributed by atoms with Gasteiger partial charge in [0.1, 0.15) is 5.84 Å². The lowest BCUT2D eigenvalue weighted by atomic mass is 9.86. The van der Waals surface area contributed by atoms with E-state index in [0.29, 0.717) is 6.04 Å². The maximum atomic E-state index is 5.63. The molecule has 0 atom stereocenters. The highest BCUT2D eigenvalue weighted by Crippen LogP contribution is 2.23. The molecule has 0 saturated heterocycles. The molecule has 0 amide bonds. The van der Waals surface area contributed by atoms with E-state index in [0.717, 1.165) is 11.4 Å². The van der Waals surface area contributed by atoms with Crippen molar-refractivity contribution in [3.8, 4) is 0 Å². The molecule has 1 aliphatic carbocycles. The zero-order valence-electron chi connectivity index (χ0n) is 12.2. The summed E-state index contributed by atoms with van der Waals surface area (Å²) >= 11 is 0. The number of nitrogens with zero attached hydrogens (tertiary/aromatic N) is 1. The largest absolute Gasteiger partial charge is 0.308 e. The molecule has 0 radical (unpaired) electrons. The smallest absolute Gasteiger partial charge is 0.142 e. The van der Waals surface area contributed by atoms with Gasteiger partial charge < -0.3 is 5.43 Å². The van der Waals surface area contributed by atoms with E-state index in [1.54, 1.807) is 0 Å². The fourth-order valence-corrected chi connectivity index (χ4v) is 2.54. The number of nitrogens with two attached hydrogens (primary N) is 1. The third-order valence-electron chi connectivity index (χ3n) is 3.80. The molecular formula is C16H25N3. The van der Waals surface area contributed by atoms with E-state index < -0.39 is 0 Å². The fourth-order valence-electron chi connectivity index (χ4n) is 2.54. The molecule has 0 unspecified atom stereocenters. The van der Waals surface area contributed by atoms with Gasteiger partial charge >= 0.3 is 0 Å². The van der Waals surface area contributed by atoms with E-state index in [4.69, 9.17) is 10.8 Å². The van der Waals surface area contributed by atoms with Gasteiger partial charge in [-0.25, -0.2) is 5.84 Å². The second-order valence-corrected chi connectivity index (χ2v) is 6.39. The van der Waals surface area contributed by atoms with Crippen LogP contribution in [-0.2, 0) is 5.41 Å². The lowest BCUT2D eigenvalue weighted by molar-refractivity contribution is 0.590. The number of amidine groups is 1. The second kappa shape index (κ2) is 5.74. The van der Waals surface area contributed by atoms with Gasteiger partial charge in [-0.2, -0.15) is 0 Å². The lowest BCUT2D eigenvalue weighted by Crippen LogP contribution is -2.32. The molecule has 1 aromatic rings. The van der Waals surface area contributed by atoms with Crippen LogP contribution in [0.25, 0.3) is 0 Å². The monoisotopic (exact) mass is 259 g/mol. The number of benzene rings is 1. The van der Waals surface area contributed by atoms with Crippen molar-refractivity contribution in [1.29, 1.82) is 0 Å². The summed E-state index contributed by atoms with van der Waals surface area (Å²) in [5, 5.41) is 0. The first kappa shape index (κ1) is 14.1. The number of rotatable bonds is 2. The van der Waals surface area contributed by atoms with Crippen molar-refractivity contribution in [2.45, 2.75) is 57.9 Å². The molecule has 1 aliphatic rings. The van der Waals surface area contributed by atoms with Crippen LogP contribution >= 0.6 is 0 Å². The van der Waals surface area contributed by atoms with Gasteiger partial charge in [-0.15, -0.1) is 0 Å². The molecule has 3 nitrogen and oxygen atoms in total. The SMILES string of the molecule is CC(C)(C)c1ccc(C(=NC2CCCC2)NN)cc1. The number of hydrogen-bond acceptors (Lipinski definition) is 2. The third kappa shape index (κ3) is 3.57. The van der Waals surface area contributed by atoms with Gasteiger partial charge in [-0.1, -0.05) is 57.9 Å². The molecular weight excluding hydrogens is 234 g/mol. The van der Waals surface area contributed by atoms with Crippen LogP contribution in [0.3, 0.4) is 0 Å². The quantitative estimate of drug-likeness (QED) is 0.371. The van der Waals surface area contributed by atoms with Gasteiger partial charge in [-0.05, 0) is 23.8 Å². The topological polar surface area (TPSA) is 50.4 Å². The summed E-state index contributed by atoms with van der Waals surface area (Å²) in [5.74, 6) is 6.44. The summed E-state index contributed by atoms with van der Waals surface area (Å²) in [4.78, 5) is 4.74. The van der Waals surface area contributed by atoms with Crippen molar-refractivity contribution in [3.63, 3.8) is 0 Å². The van der Waals surface area contributed by atoms with Crippen molar-refractivity contribution >= 4 is 5.84 Å². The number of aliphatic imine (C=N–C) groups is 1. The Morgan fingerprint density at radius 3 is 2.21 bits per heavy atom. The first-order chi connectivity index (χ1) is 9.00. The van der Waals surface area contributed by atoms with Gasteiger partial charge in [0, 0.05) is 5.56 Å². The highest BCUT2D eigenvalue weighted by molar-refractivity contribution is 5.98. The Morgan fingerprint density at radius 1 is 1.16 bits per heavy atom. The van der Waals surface area contributed by atoms with E-state index in [-0.39, 0.29) is 5.41 Å². The number of hydrogen-bond donors (Lipinski definition) is 2. The highest BCUT2D eigenvalue weighted by Gasteiger charge is 2.16. The van der Waals surface area contributed by atoms with Crippen LogP contribution in [0.15, 0.2) is 29.3 Å². The van der Waals surface area contributed by atoms with E-state index >= 15 is 0 Å². The van der Waals surface area contributed by atoms with E-state index in [2.05, 4.69) is 50.5 Å². The Bertz CT molecular complexity index is 434. The summed E-state index contributed by atoms with van der Waals surface area (Å²) in [5.41, 5.74) is 5.33. The van der Waals surface area contributed by atoms with E-state index in [1.165, 1.54) is 31.2 Å². The summed E-state index contributed by atoms with van der Waals surface area (Å²) in [6, 6.07) is 8.98. The van der Waals surface area contributed by atoms with Gasteiger partial charge in [0.25, 0.3) is 0 Å². The zero-order valence-corrected chi connectivity index (χ0v) is 12.2. The Balaban J connectivity index is 2.19. The van der Waals surface area contributed by atoms with Crippen molar-refractivity contribution in [3.05, 3.63) is 35.4 Å². The molecule has 1 saturated carbocycles. The van der Waals surface area contributed by atoms with Gasteiger partial charge in [0.2, 0.25) is 0 Å². The predicted molar refractivity (Wildman–Crippen MR) is 81.3 cm³/mol. The van der Waals surface area contributed by atoms with Crippen LogP contribution in [-0.4, -0.2) is 11.9 Å². The first-order valence-corrected chi connectivity index (χ1v) is 7.16. The molecule has 0 aromatic heterocycles. The van der Waals surface area contributed by atoms with Crippen LogP contribution in [0.5, 0.6) is 0 Å². The van der Waals surface area contributed by atoms with Crippen LogP contribution in [0.2, 0.25) is 0 Å². The number of nitrogens with one attached hydrogen (secondary N) is 1. The van der Waals surface area contributed by atoms with Crippen molar-refractivity contribution in [2.24, 2.45) is 10.8 Å². The molecule has 0 bridgehead atoms. The van der Waals surface area contributed by atoms with Crippen molar-refractivity contribution in [1.82, 2.24) is 5.43 Å². The molecule has 2 rings (SSSR count). The highest BCUT2D eigenvalue weighted by atomic mass is 15.3. The summed E-state index contributed by atoms with van der Waals surface area (Å²) in [6.45, 7) is 6.66.